The Bertz CT molecular complexity index is 505. The van der Waals surface area contributed by atoms with E-state index in [1.807, 2.05) is 24.3 Å². The molecule has 0 aliphatic heterocycles. The molecule has 5 heteroatoms. The first-order valence-electron chi connectivity index (χ1n) is 4.66. The highest BCUT2D eigenvalue weighted by Gasteiger charge is 2.09. The molecule has 1 N–H and O–H groups in total. The van der Waals surface area contributed by atoms with Crippen molar-refractivity contribution in [3.8, 4) is 17.0 Å². The number of carbonyl (C=O) groups excluding carboxylic acids is 1. The number of hydrogen-bond acceptors (Lipinski definition) is 3. The van der Waals surface area contributed by atoms with E-state index in [9.17, 15) is 9.90 Å². The van der Waals surface area contributed by atoms with Crippen molar-refractivity contribution in [2.45, 2.75) is 6.54 Å². The lowest BCUT2D eigenvalue weighted by atomic mass is 10.1. The second kappa shape index (κ2) is 4.49. The lowest BCUT2D eigenvalue weighted by molar-refractivity contribution is -0.108. The summed E-state index contributed by atoms with van der Waals surface area (Å²) < 4.78 is 2.37. The fourth-order valence-electron chi connectivity index (χ4n) is 1.41. The van der Waals surface area contributed by atoms with E-state index in [2.05, 4.69) is 21.0 Å². The van der Waals surface area contributed by atoms with E-state index in [0.29, 0.717) is 5.56 Å². The van der Waals surface area contributed by atoms with Gasteiger partial charge < -0.3 is 9.90 Å². The summed E-state index contributed by atoms with van der Waals surface area (Å²) >= 11 is 3.34. The fraction of sp³-hybridized carbons (Fsp3) is 0.0909. The molecule has 16 heavy (non-hydrogen) atoms. The maximum absolute atomic E-state index is 10.3. The third-order valence-electron chi connectivity index (χ3n) is 2.16. The highest BCUT2D eigenvalue weighted by atomic mass is 79.9. The molecule has 0 unspecified atom stereocenters. The van der Waals surface area contributed by atoms with E-state index in [-0.39, 0.29) is 12.4 Å². The maximum atomic E-state index is 10.3. The molecular formula is C11H9BrN2O2. The van der Waals surface area contributed by atoms with Crippen LogP contribution in [0.2, 0.25) is 0 Å². The Morgan fingerprint density at radius 2 is 2.06 bits per heavy atom. The molecular weight excluding hydrogens is 272 g/mol. The molecule has 0 aliphatic carbocycles. The molecule has 0 amide bonds. The zero-order valence-corrected chi connectivity index (χ0v) is 9.89. The van der Waals surface area contributed by atoms with Crippen LogP contribution in [0.5, 0.6) is 5.88 Å². The highest BCUT2D eigenvalue weighted by Crippen LogP contribution is 2.28. The number of halogens is 1. The topological polar surface area (TPSA) is 55.1 Å². The SMILES string of the molecule is O=CCn1cc(-c2ccc(Br)cc2)c(O)n1. The molecule has 0 saturated carbocycles. The van der Waals surface area contributed by atoms with E-state index >= 15 is 0 Å². The summed E-state index contributed by atoms with van der Waals surface area (Å²) in [6, 6.07) is 7.50. The van der Waals surface area contributed by atoms with Gasteiger partial charge in [0.15, 0.2) is 0 Å². The van der Waals surface area contributed by atoms with Crippen molar-refractivity contribution in [3.05, 3.63) is 34.9 Å². The van der Waals surface area contributed by atoms with E-state index in [4.69, 9.17) is 0 Å². The standard InChI is InChI=1S/C11H9BrN2O2/c12-9-3-1-8(2-4-9)10-7-14(5-6-15)13-11(10)16/h1-4,6-7H,5H2,(H,13,16). The van der Waals surface area contributed by atoms with Crippen molar-refractivity contribution in [1.29, 1.82) is 0 Å². The summed E-state index contributed by atoms with van der Waals surface area (Å²) in [6.45, 7) is 0.143. The van der Waals surface area contributed by atoms with Gasteiger partial charge in [-0.1, -0.05) is 28.1 Å². The Labute approximate surface area is 101 Å². The van der Waals surface area contributed by atoms with Gasteiger partial charge in [-0.3, -0.25) is 4.68 Å². The number of aromatic hydroxyl groups is 1. The molecule has 0 saturated heterocycles. The summed E-state index contributed by atoms with van der Waals surface area (Å²) in [4.78, 5) is 10.3. The molecule has 0 fully saturated rings. The number of rotatable bonds is 3. The molecule has 0 aliphatic rings. The van der Waals surface area contributed by atoms with Crippen LogP contribution in [0.4, 0.5) is 0 Å². The Kier molecular flexibility index (Phi) is 3.05. The number of aldehydes is 1. The summed E-state index contributed by atoms with van der Waals surface area (Å²) in [5.74, 6) is -0.0656. The van der Waals surface area contributed by atoms with Gasteiger partial charge in [0, 0.05) is 10.7 Å². The third kappa shape index (κ3) is 2.14. The first-order valence-corrected chi connectivity index (χ1v) is 5.46. The Morgan fingerprint density at radius 1 is 1.38 bits per heavy atom. The first-order chi connectivity index (χ1) is 7.70. The molecule has 0 spiro atoms. The van der Waals surface area contributed by atoms with Gasteiger partial charge in [-0.2, -0.15) is 0 Å². The van der Waals surface area contributed by atoms with Gasteiger partial charge in [0.25, 0.3) is 0 Å². The predicted molar refractivity (Wildman–Crippen MR) is 63.1 cm³/mol. The van der Waals surface area contributed by atoms with Crippen molar-refractivity contribution in [1.82, 2.24) is 9.78 Å². The van der Waals surface area contributed by atoms with Gasteiger partial charge in [0.05, 0.1) is 12.1 Å². The molecule has 2 rings (SSSR count). The smallest absolute Gasteiger partial charge is 0.238 e. The van der Waals surface area contributed by atoms with Gasteiger partial charge >= 0.3 is 0 Å². The zero-order chi connectivity index (χ0) is 11.5. The quantitative estimate of drug-likeness (QED) is 0.878. The fourth-order valence-corrected chi connectivity index (χ4v) is 1.68. The van der Waals surface area contributed by atoms with Crippen LogP contribution in [0.3, 0.4) is 0 Å². The summed E-state index contributed by atoms with van der Waals surface area (Å²) in [5, 5.41) is 13.4. The average molecular weight is 281 g/mol. The van der Waals surface area contributed by atoms with Crippen LogP contribution in [0.15, 0.2) is 34.9 Å². The lowest BCUT2D eigenvalue weighted by Crippen LogP contribution is -1.98. The monoisotopic (exact) mass is 280 g/mol. The Hall–Kier alpha value is -1.62. The molecule has 0 radical (unpaired) electrons. The Balaban J connectivity index is 2.39. The van der Waals surface area contributed by atoms with Crippen LogP contribution in [-0.2, 0) is 11.3 Å². The maximum Gasteiger partial charge on any atom is 0.238 e. The minimum absolute atomic E-state index is 0.0656. The minimum atomic E-state index is -0.0656. The number of nitrogens with zero attached hydrogens (tertiary/aromatic N) is 2. The van der Waals surface area contributed by atoms with E-state index in [1.165, 1.54) is 4.68 Å². The summed E-state index contributed by atoms with van der Waals surface area (Å²) in [5.41, 5.74) is 1.48. The van der Waals surface area contributed by atoms with Gasteiger partial charge in [-0.15, -0.1) is 5.10 Å². The molecule has 0 atom stereocenters. The molecule has 4 nitrogen and oxygen atoms in total. The summed E-state index contributed by atoms with van der Waals surface area (Å²) in [6.07, 6.45) is 2.38. The van der Waals surface area contributed by atoms with Crippen molar-refractivity contribution < 1.29 is 9.90 Å². The van der Waals surface area contributed by atoms with Crippen LogP contribution in [0.1, 0.15) is 0 Å². The van der Waals surface area contributed by atoms with Crippen LogP contribution in [-0.4, -0.2) is 21.2 Å². The van der Waals surface area contributed by atoms with Crippen LogP contribution in [0.25, 0.3) is 11.1 Å². The Morgan fingerprint density at radius 3 is 2.69 bits per heavy atom. The van der Waals surface area contributed by atoms with Crippen molar-refractivity contribution in [3.63, 3.8) is 0 Å². The first kappa shape index (κ1) is 10.9. The van der Waals surface area contributed by atoms with Crippen molar-refractivity contribution >= 4 is 22.2 Å². The van der Waals surface area contributed by atoms with Crippen LogP contribution >= 0.6 is 15.9 Å². The number of benzene rings is 1. The molecule has 0 bridgehead atoms. The average Bonchev–Trinajstić information content (AvgIpc) is 2.61. The molecule has 1 aromatic carbocycles. The normalized spacial score (nSPS) is 10.3. The molecule has 82 valence electrons. The van der Waals surface area contributed by atoms with Crippen LogP contribution in [0, 0.1) is 0 Å². The molecule has 2 aromatic rings. The minimum Gasteiger partial charge on any atom is -0.492 e. The van der Waals surface area contributed by atoms with E-state index in [0.717, 1.165) is 16.3 Å². The second-order valence-electron chi connectivity index (χ2n) is 3.26. The van der Waals surface area contributed by atoms with Crippen molar-refractivity contribution in [2.24, 2.45) is 0 Å². The van der Waals surface area contributed by atoms with Gasteiger partial charge in [-0.25, -0.2) is 0 Å². The van der Waals surface area contributed by atoms with Gasteiger partial charge in [-0.05, 0) is 17.7 Å². The number of carbonyl (C=O) groups is 1. The number of hydrogen-bond donors (Lipinski definition) is 1. The highest BCUT2D eigenvalue weighted by molar-refractivity contribution is 9.10. The van der Waals surface area contributed by atoms with Gasteiger partial charge in [0.2, 0.25) is 5.88 Å². The summed E-state index contributed by atoms with van der Waals surface area (Å²) in [7, 11) is 0. The van der Waals surface area contributed by atoms with E-state index < -0.39 is 0 Å². The second-order valence-corrected chi connectivity index (χ2v) is 4.18. The largest absolute Gasteiger partial charge is 0.492 e. The number of aromatic nitrogens is 2. The lowest BCUT2D eigenvalue weighted by Gasteiger charge is -1.97. The van der Waals surface area contributed by atoms with Crippen LogP contribution < -0.4 is 0 Å². The van der Waals surface area contributed by atoms with Gasteiger partial charge in [0.1, 0.15) is 6.29 Å². The predicted octanol–water partition coefficient (Wildman–Crippen LogP) is 2.22. The third-order valence-corrected chi connectivity index (χ3v) is 2.69. The zero-order valence-electron chi connectivity index (χ0n) is 8.30. The van der Waals surface area contributed by atoms with E-state index in [1.54, 1.807) is 6.20 Å². The molecule has 1 heterocycles. The molecule has 1 aromatic heterocycles. The van der Waals surface area contributed by atoms with Crippen molar-refractivity contribution in [2.75, 3.05) is 0 Å².